The first-order valence-corrected chi connectivity index (χ1v) is 17.0. The Hall–Kier alpha value is -4.30. The van der Waals surface area contributed by atoms with Crippen molar-refractivity contribution in [1.29, 1.82) is 0 Å². The first kappa shape index (κ1) is 31.3. The van der Waals surface area contributed by atoms with Crippen LogP contribution in [0.1, 0.15) is 34.3 Å². The van der Waals surface area contributed by atoms with Crippen molar-refractivity contribution in [3.05, 3.63) is 113 Å². The molecule has 4 aromatic carbocycles. The molecule has 0 saturated carbocycles. The topological polar surface area (TPSA) is 61.0 Å². The molecule has 1 aromatic heterocycles. The van der Waals surface area contributed by atoms with E-state index in [1.54, 1.807) is 0 Å². The Morgan fingerprint density at radius 1 is 0.830 bits per heavy atom. The van der Waals surface area contributed by atoms with Crippen LogP contribution in [0.5, 0.6) is 11.5 Å². The summed E-state index contributed by atoms with van der Waals surface area (Å²) in [6, 6.07) is 28.8. The highest BCUT2D eigenvalue weighted by molar-refractivity contribution is 6.30. The summed E-state index contributed by atoms with van der Waals surface area (Å²) in [5.41, 5.74) is 7.63. The minimum atomic E-state index is -0.420. The molecule has 0 unspecified atom stereocenters. The molecule has 0 aliphatic carbocycles. The molecule has 8 heteroatoms. The number of methoxy groups -OCH3 is 1. The third kappa shape index (κ3) is 7.18. The molecule has 0 spiro atoms. The van der Waals surface area contributed by atoms with E-state index in [1.165, 1.54) is 55.3 Å². The van der Waals surface area contributed by atoms with E-state index in [2.05, 4.69) is 50.0 Å². The fourth-order valence-corrected chi connectivity index (χ4v) is 7.00. The number of anilines is 1. The molecule has 3 heterocycles. The largest absolute Gasteiger partial charge is 0.465 e. The minimum Gasteiger partial charge on any atom is -0.465 e. The van der Waals surface area contributed by atoms with Gasteiger partial charge in [-0.3, -0.25) is 4.90 Å². The summed E-state index contributed by atoms with van der Waals surface area (Å²) in [5, 5.41) is 1.71. The monoisotopic (exact) mass is 648 g/mol. The molecule has 7 rings (SSSR count). The smallest absolute Gasteiger partial charge is 0.341 e. The Morgan fingerprint density at radius 2 is 1.64 bits per heavy atom. The molecule has 5 aromatic rings. The Kier molecular flexibility index (Phi) is 9.47. The molecule has 2 saturated heterocycles. The lowest BCUT2D eigenvalue weighted by atomic mass is 9.96. The lowest BCUT2D eigenvalue weighted by Gasteiger charge is -2.36. The highest BCUT2D eigenvalue weighted by Gasteiger charge is 2.22. The van der Waals surface area contributed by atoms with Crippen LogP contribution in [-0.4, -0.2) is 73.7 Å². The van der Waals surface area contributed by atoms with Crippen LogP contribution in [0.3, 0.4) is 0 Å². The summed E-state index contributed by atoms with van der Waals surface area (Å²) in [4.78, 5) is 23.4. The maximum absolute atomic E-state index is 12.7. The molecule has 2 aliphatic rings. The second-order valence-corrected chi connectivity index (χ2v) is 13.0. The molecule has 242 valence electrons. The number of nitrogens with one attached hydrogen (secondary N) is 1. The van der Waals surface area contributed by atoms with Crippen LogP contribution in [-0.2, 0) is 17.7 Å². The van der Waals surface area contributed by atoms with Gasteiger partial charge in [-0.1, -0.05) is 48.0 Å². The van der Waals surface area contributed by atoms with Gasteiger partial charge in [0.15, 0.2) is 0 Å². The molecule has 2 aliphatic heterocycles. The van der Waals surface area contributed by atoms with Crippen molar-refractivity contribution in [1.82, 2.24) is 14.8 Å². The quantitative estimate of drug-likeness (QED) is 0.155. The van der Waals surface area contributed by atoms with E-state index in [1.807, 2.05) is 60.8 Å². The molecular weight excluding hydrogens is 608 g/mol. The van der Waals surface area contributed by atoms with Gasteiger partial charge in [0.2, 0.25) is 0 Å². The molecule has 2 fully saturated rings. The summed E-state index contributed by atoms with van der Waals surface area (Å²) in [7, 11) is 1.40. The highest BCUT2D eigenvalue weighted by atomic mass is 35.5. The number of H-pyrrole nitrogens is 1. The number of hydrogen-bond acceptors (Lipinski definition) is 6. The Labute approximate surface area is 281 Å². The second-order valence-electron chi connectivity index (χ2n) is 12.5. The van der Waals surface area contributed by atoms with Gasteiger partial charge >= 0.3 is 5.97 Å². The number of hydrogen-bond donors (Lipinski definition) is 1. The third-order valence-electron chi connectivity index (χ3n) is 9.52. The summed E-state index contributed by atoms with van der Waals surface area (Å²) in [6.07, 6.45) is 5.60. The minimum absolute atomic E-state index is 0.404. The van der Waals surface area contributed by atoms with E-state index in [0.29, 0.717) is 17.1 Å². The molecule has 1 N–H and O–H groups in total. The van der Waals surface area contributed by atoms with E-state index < -0.39 is 5.97 Å². The number of likely N-dealkylation sites (tertiary alicyclic amines) is 1. The van der Waals surface area contributed by atoms with Crippen molar-refractivity contribution < 1.29 is 14.3 Å². The first-order chi connectivity index (χ1) is 23.0. The number of nitrogens with zero attached hydrogens (tertiary/aromatic N) is 3. The maximum atomic E-state index is 12.7. The number of benzene rings is 4. The zero-order chi connectivity index (χ0) is 32.2. The number of ether oxygens (including phenoxy) is 2. The van der Waals surface area contributed by atoms with Gasteiger partial charge in [0.05, 0.1) is 7.11 Å². The van der Waals surface area contributed by atoms with Crippen LogP contribution in [0.4, 0.5) is 5.69 Å². The predicted molar refractivity (Wildman–Crippen MR) is 190 cm³/mol. The van der Waals surface area contributed by atoms with Gasteiger partial charge in [0.25, 0.3) is 0 Å². The molecule has 0 bridgehead atoms. The maximum Gasteiger partial charge on any atom is 0.341 e. The zero-order valence-electron chi connectivity index (χ0n) is 26.9. The normalized spacial score (nSPS) is 15.7. The van der Waals surface area contributed by atoms with Crippen LogP contribution in [0.2, 0.25) is 5.02 Å². The summed E-state index contributed by atoms with van der Waals surface area (Å²) < 4.78 is 11.5. The summed E-state index contributed by atoms with van der Waals surface area (Å²) >= 11 is 6.24. The number of fused-ring (bicyclic) bond motifs is 1. The van der Waals surface area contributed by atoms with Gasteiger partial charge in [-0.15, -0.1) is 0 Å². The molecule has 0 atom stereocenters. The molecule has 0 radical (unpaired) electrons. The zero-order valence-corrected chi connectivity index (χ0v) is 27.6. The van der Waals surface area contributed by atoms with Crippen LogP contribution >= 0.6 is 11.6 Å². The van der Waals surface area contributed by atoms with E-state index in [4.69, 9.17) is 21.1 Å². The Balaban J connectivity index is 1.07. The van der Waals surface area contributed by atoms with Crippen molar-refractivity contribution in [3.63, 3.8) is 0 Å². The highest BCUT2D eigenvalue weighted by Crippen LogP contribution is 2.35. The lowest BCUT2D eigenvalue weighted by molar-refractivity contribution is 0.0598. The molecule has 0 amide bonds. The number of piperazine rings is 1. The van der Waals surface area contributed by atoms with Gasteiger partial charge in [-0.05, 0) is 97.1 Å². The SMILES string of the molecule is COC(=O)c1ccc(N2CCN(Cc3cc(CCN4CCCC4)ccc3-c3ccc(Cl)cc3)CC2)cc1Oc1cccc2[nH]ccc12. The van der Waals surface area contributed by atoms with Crippen molar-refractivity contribution >= 4 is 34.2 Å². The van der Waals surface area contributed by atoms with Crippen molar-refractivity contribution in [3.8, 4) is 22.6 Å². The summed E-state index contributed by atoms with van der Waals surface area (Å²) in [6.45, 7) is 8.05. The average Bonchev–Trinajstić information content (AvgIpc) is 3.81. The average molecular weight is 649 g/mol. The molecule has 7 nitrogen and oxygen atoms in total. The molecular formula is C39H41ClN4O3. The molecule has 47 heavy (non-hydrogen) atoms. The van der Waals surface area contributed by atoms with E-state index in [-0.39, 0.29) is 0 Å². The number of esters is 1. The second kappa shape index (κ2) is 14.2. The number of rotatable bonds is 10. The van der Waals surface area contributed by atoms with Crippen molar-refractivity contribution in [2.75, 3.05) is 57.8 Å². The summed E-state index contributed by atoms with van der Waals surface area (Å²) in [5.74, 6) is 0.760. The van der Waals surface area contributed by atoms with Crippen LogP contribution < -0.4 is 9.64 Å². The first-order valence-electron chi connectivity index (χ1n) is 16.6. The predicted octanol–water partition coefficient (Wildman–Crippen LogP) is 8.03. The number of carbonyl (C=O) groups excluding carboxylic acids is 1. The fraction of sp³-hybridized carbons (Fsp3) is 0.308. The fourth-order valence-electron chi connectivity index (χ4n) is 6.88. The van der Waals surface area contributed by atoms with Crippen molar-refractivity contribution in [2.24, 2.45) is 0 Å². The van der Waals surface area contributed by atoms with Crippen LogP contribution in [0.15, 0.2) is 91.1 Å². The van der Waals surface area contributed by atoms with Crippen molar-refractivity contribution in [2.45, 2.75) is 25.8 Å². The van der Waals surface area contributed by atoms with Crippen LogP contribution in [0.25, 0.3) is 22.0 Å². The van der Waals surface area contributed by atoms with Gasteiger partial charge in [0.1, 0.15) is 17.1 Å². The third-order valence-corrected chi connectivity index (χ3v) is 9.77. The Morgan fingerprint density at radius 3 is 2.43 bits per heavy atom. The number of carbonyl (C=O) groups is 1. The number of aromatic amines is 1. The van der Waals surface area contributed by atoms with E-state index >= 15 is 0 Å². The number of aromatic nitrogens is 1. The van der Waals surface area contributed by atoms with Gasteiger partial charge in [-0.2, -0.15) is 0 Å². The van der Waals surface area contributed by atoms with E-state index in [9.17, 15) is 4.79 Å². The Bertz CT molecular complexity index is 1840. The van der Waals surface area contributed by atoms with Gasteiger partial charge < -0.3 is 24.3 Å². The van der Waals surface area contributed by atoms with Gasteiger partial charge in [0, 0.05) is 73.1 Å². The lowest BCUT2D eigenvalue weighted by Crippen LogP contribution is -2.46. The number of halogens is 1. The van der Waals surface area contributed by atoms with Crippen LogP contribution in [0, 0.1) is 0 Å². The standard InChI is InChI=1S/C39H41ClN4O3/c1-46-39(45)35-14-12-32(26-38(35)47-37-6-4-5-36-34(37)15-17-41-36)44-23-21-43(22-24-44)27-30-25-28(16-20-42-18-2-3-19-42)7-13-33(30)29-8-10-31(40)11-9-29/h4-15,17,25-26,41H,2-3,16,18-24,27H2,1H3. The van der Waals surface area contributed by atoms with E-state index in [0.717, 1.165) is 67.3 Å². The van der Waals surface area contributed by atoms with Gasteiger partial charge in [-0.25, -0.2) is 4.79 Å².